The van der Waals surface area contributed by atoms with Crippen LogP contribution in [-0.2, 0) is 20.1 Å². The van der Waals surface area contributed by atoms with Gasteiger partial charge in [-0.3, -0.25) is 14.1 Å². The number of aryl methyl sites for hydroxylation is 2. The van der Waals surface area contributed by atoms with Crippen LogP contribution in [0.15, 0.2) is 111 Å². The summed E-state index contributed by atoms with van der Waals surface area (Å²) in [4.78, 5) is 12.4. The average Bonchev–Trinajstić information content (AvgIpc) is 3.01. The van der Waals surface area contributed by atoms with Crippen molar-refractivity contribution in [1.82, 2.24) is 0 Å². The Morgan fingerprint density at radius 2 is 1.53 bits per heavy atom. The van der Waals surface area contributed by atoms with E-state index in [1.165, 1.54) is 37.4 Å². The first-order valence-corrected chi connectivity index (χ1v) is 16.5. The standard InChI is InChI=1S/C32H28N4O8S2.Na/c1-19-8-4-7-11-26(19)33-32(38)25-16-21-9-5-6-10-24(21)30(31(25)37)35-34-22-13-12-20(2)29(17-22)45(39,40)36-27-18-23(46(41,42)43)14-15-28(27)44-3;/h4-18,36-37H,1-3H3,(H,33,38)(H,41,42,43);/q;+1/p-1. The van der Waals surface area contributed by atoms with E-state index in [4.69, 9.17) is 4.74 Å². The van der Waals surface area contributed by atoms with Crippen LogP contribution in [0.1, 0.15) is 21.5 Å². The zero-order valence-electron chi connectivity index (χ0n) is 25.7. The molecule has 3 N–H and O–H groups in total. The van der Waals surface area contributed by atoms with E-state index >= 15 is 0 Å². The molecule has 5 rings (SSSR count). The molecule has 0 fully saturated rings. The number of hydrogen-bond acceptors (Lipinski definition) is 9. The molecule has 0 atom stereocenters. The molecule has 0 aromatic heterocycles. The Hall–Kier alpha value is -4.31. The number of benzene rings is 5. The molecular formula is C32H27N4NaO8S2. The molecule has 12 nitrogen and oxygen atoms in total. The van der Waals surface area contributed by atoms with Crippen LogP contribution >= 0.6 is 0 Å². The number of sulfonamides is 1. The number of carbonyl (C=O) groups is 1. The number of para-hydroxylation sites is 1. The molecule has 0 radical (unpaired) electrons. The predicted molar refractivity (Wildman–Crippen MR) is 171 cm³/mol. The zero-order valence-corrected chi connectivity index (χ0v) is 29.3. The van der Waals surface area contributed by atoms with Crippen LogP contribution in [0.5, 0.6) is 11.5 Å². The number of rotatable bonds is 9. The van der Waals surface area contributed by atoms with Crippen molar-refractivity contribution < 1.29 is 65.6 Å². The number of amides is 1. The predicted octanol–water partition coefficient (Wildman–Crippen LogP) is 3.26. The van der Waals surface area contributed by atoms with Gasteiger partial charge >= 0.3 is 29.6 Å². The third-order valence-corrected chi connectivity index (χ3v) is 9.41. The minimum absolute atomic E-state index is 0. The molecule has 1 amide bonds. The number of carbonyl (C=O) groups excluding carboxylic acids is 1. The van der Waals surface area contributed by atoms with E-state index in [-0.39, 0.29) is 62.8 Å². The molecule has 5 aromatic rings. The Kier molecular flexibility index (Phi) is 10.7. The smallest absolute Gasteiger partial charge is 0.870 e. The van der Waals surface area contributed by atoms with Gasteiger partial charge in [-0.25, -0.2) is 8.42 Å². The maximum absolute atomic E-state index is 13.6. The van der Waals surface area contributed by atoms with Crippen LogP contribution < -0.4 is 49.4 Å². The minimum Gasteiger partial charge on any atom is -0.870 e. The fourth-order valence-corrected chi connectivity index (χ4v) is 6.49. The monoisotopic (exact) mass is 682 g/mol. The molecule has 0 saturated heterocycles. The second-order valence-electron chi connectivity index (χ2n) is 10.2. The van der Waals surface area contributed by atoms with Crippen molar-refractivity contribution in [1.29, 1.82) is 0 Å². The van der Waals surface area contributed by atoms with Crippen LogP contribution in [0.25, 0.3) is 10.8 Å². The largest absolute Gasteiger partial charge is 1.00 e. The summed E-state index contributed by atoms with van der Waals surface area (Å²) < 4.78 is 67.1. The molecule has 5 aromatic carbocycles. The first-order valence-electron chi connectivity index (χ1n) is 13.6. The molecule has 0 aliphatic carbocycles. The fourth-order valence-electron chi connectivity index (χ4n) is 4.66. The van der Waals surface area contributed by atoms with Crippen molar-refractivity contribution in [3.63, 3.8) is 0 Å². The second kappa shape index (κ2) is 14.2. The molecule has 0 unspecified atom stereocenters. The van der Waals surface area contributed by atoms with E-state index in [1.54, 1.807) is 43.3 Å². The Balaban J connectivity index is 0.00000500. The SMILES string of the molecule is COc1ccc(S(=O)(=O)O)cc1NS(=O)(=O)c1cc(N=Nc2c([O-])c(C(=O)Nc3ccccc3C)cc3ccccc23)ccc1C.[Na+]. The van der Waals surface area contributed by atoms with Crippen molar-refractivity contribution in [2.45, 2.75) is 23.6 Å². The van der Waals surface area contributed by atoms with Crippen LogP contribution in [0.2, 0.25) is 0 Å². The molecule has 0 aliphatic heterocycles. The van der Waals surface area contributed by atoms with Crippen LogP contribution in [-0.4, -0.2) is 34.4 Å². The van der Waals surface area contributed by atoms with Crippen LogP contribution in [0.4, 0.5) is 22.7 Å². The number of hydrogen-bond donors (Lipinski definition) is 3. The number of ether oxygens (including phenoxy) is 1. The molecular weight excluding hydrogens is 655 g/mol. The van der Waals surface area contributed by atoms with E-state index in [9.17, 15) is 31.3 Å². The third kappa shape index (κ3) is 7.81. The van der Waals surface area contributed by atoms with Crippen molar-refractivity contribution >= 4 is 59.6 Å². The summed E-state index contributed by atoms with van der Waals surface area (Å²) in [5.74, 6) is -1.28. The van der Waals surface area contributed by atoms with Gasteiger partial charge in [-0.1, -0.05) is 54.3 Å². The van der Waals surface area contributed by atoms with Gasteiger partial charge in [0.2, 0.25) is 0 Å². The number of fused-ring (bicyclic) bond motifs is 1. The van der Waals surface area contributed by atoms with Gasteiger partial charge in [0.15, 0.2) is 0 Å². The van der Waals surface area contributed by atoms with Gasteiger partial charge < -0.3 is 15.2 Å². The summed E-state index contributed by atoms with van der Waals surface area (Å²) >= 11 is 0. The van der Waals surface area contributed by atoms with E-state index in [0.29, 0.717) is 22.0 Å². The van der Waals surface area contributed by atoms with Crippen molar-refractivity contribution in [3.8, 4) is 11.5 Å². The summed E-state index contributed by atoms with van der Waals surface area (Å²) in [5, 5.41) is 25.7. The molecule has 0 saturated carbocycles. The number of nitrogens with zero attached hydrogens (tertiary/aromatic N) is 2. The Morgan fingerprint density at radius 3 is 2.23 bits per heavy atom. The second-order valence-corrected chi connectivity index (χ2v) is 13.3. The third-order valence-electron chi connectivity index (χ3n) is 7.05. The van der Waals surface area contributed by atoms with Crippen LogP contribution in [0.3, 0.4) is 0 Å². The summed E-state index contributed by atoms with van der Waals surface area (Å²) in [5.41, 5.74) is 1.27. The molecule has 15 heteroatoms. The van der Waals surface area contributed by atoms with Crippen molar-refractivity contribution in [2.24, 2.45) is 10.2 Å². The van der Waals surface area contributed by atoms with Gasteiger partial charge in [0.25, 0.3) is 26.0 Å². The summed E-state index contributed by atoms with van der Waals surface area (Å²) in [6.07, 6.45) is 0. The quantitative estimate of drug-likeness (QED) is 0.120. The number of nitrogens with one attached hydrogen (secondary N) is 2. The molecule has 0 spiro atoms. The van der Waals surface area contributed by atoms with E-state index in [0.717, 1.165) is 17.7 Å². The van der Waals surface area contributed by atoms with Gasteiger partial charge in [-0.15, -0.1) is 0 Å². The first-order chi connectivity index (χ1) is 21.8. The maximum atomic E-state index is 13.6. The summed E-state index contributed by atoms with van der Waals surface area (Å²) in [6.45, 7) is 3.37. The number of methoxy groups -OCH3 is 1. The Bertz CT molecular complexity index is 2260. The van der Waals surface area contributed by atoms with Gasteiger partial charge in [-0.05, 0) is 72.8 Å². The minimum atomic E-state index is -4.63. The molecule has 236 valence electrons. The van der Waals surface area contributed by atoms with Gasteiger partial charge in [0, 0.05) is 16.6 Å². The van der Waals surface area contributed by atoms with Gasteiger partial charge in [0.05, 0.1) is 34.0 Å². The van der Waals surface area contributed by atoms with Gasteiger partial charge in [-0.2, -0.15) is 18.6 Å². The topological polar surface area (TPSA) is 187 Å². The van der Waals surface area contributed by atoms with Crippen molar-refractivity contribution in [2.75, 3.05) is 17.1 Å². The van der Waals surface area contributed by atoms with E-state index in [2.05, 4.69) is 20.3 Å². The van der Waals surface area contributed by atoms with Gasteiger partial charge in [0.1, 0.15) is 5.75 Å². The van der Waals surface area contributed by atoms with Crippen LogP contribution in [0, 0.1) is 13.8 Å². The number of azo groups is 1. The van der Waals surface area contributed by atoms with Crippen molar-refractivity contribution in [3.05, 3.63) is 108 Å². The summed E-state index contributed by atoms with van der Waals surface area (Å²) in [6, 6.07) is 22.9. The molecule has 0 aliphatic rings. The molecule has 0 heterocycles. The fraction of sp³-hybridized carbons (Fsp3) is 0.0938. The van der Waals surface area contributed by atoms with E-state index in [1.807, 2.05) is 19.1 Å². The normalized spacial score (nSPS) is 11.7. The molecule has 0 bridgehead atoms. The van der Waals surface area contributed by atoms with E-state index < -0.39 is 36.7 Å². The first kappa shape index (κ1) is 35.5. The maximum Gasteiger partial charge on any atom is 1.00 e. The number of anilines is 2. The molecule has 47 heavy (non-hydrogen) atoms. The zero-order chi connectivity index (χ0) is 33.2. The Labute approximate surface area is 293 Å². The average molecular weight is 683 g/mol. The summed E-state index contributed by atoms with van der Waals surface area (Å²) in [7, 11) is -7.73. The Morgan fingerprint density at radius 1 is 0.830 bits per heavy atom.